The van der Waals surface area contributed by atoms with Gasteiger partial charge in [0, 0.05) is 0 Å². The molecule has 21 heavy (non-hydrogen) atoms. The number of carbonyl (C=O) groups is 1. The van der Waals surface area contributed by atoms with Crippen molar-refractivity contribution in [3.63, 3.8) is 0 Å². The van der Waals surface area contributed by atoms with Crippen LogP contribution < -0.4 is 4.74 Å². The molecule has 1 N–H and O–H groups in total. The van der Waals surface area contributed by atoms with Crippen molar-refractivity contribution in [1.29, 1.82) is 0 Å². The highest BCUT2D eigenvalue weighted by molar-refractivity contribution is 5.78. The van der Waals surface area contributed by atoms with E-state index in [0.717, 1.165) is 11.1 Å². The Kier molecular flexibility index (Phi) is 4.69. The molecular weight excluding hydrogens is 264 g/mol. The van der Waals surface area contributed by atoms with Gasteiger partial charge in [-0.3, -0.25) is 0 Å². The molecule has 2 rings (SSSR count). The summed E-state index contributed by atoms with van der Waals surface area (Å²) in [6.07, 6.45) is 2.07. The number of benzene rings is 2. The zero-order valence-corrected chi connectivity index (χ0v) is 11.5. The van der Waals surface area contributed by atoms with Crippen LogP contribution in [0.4, 0.5) is 0 Å². The molecule has 3 heteroatoms. The van der Waals surface area contributed by atoms with Crippen LogP contribution in [-0.2, 0) is 4.79 Å². The Morgan fingerprint density at radius 1 is 0.952 bits per heavy atom. The number of rotatable bonds is 5. The zero-order valence-electron chi connectivity index (χ0n) is 11.5. The molecular formula is C18H16O3. The van der Waals surface area contributed by atoms with Gasteiger partial charge in [-0.25, -0.2) is 4.79 Å². The average Bonchev–Trinajstić information content (AvgIpc) is 2.55. The van der Waals surface area contributed by atoms with E-state index in [1.807, 2.05) is 0 Å². The number of hydrogen-bond acceptors (Lipinski definition) is 3. The number of aliphatic hydroxyl groups excluding tert-OH is 1. The highest BCUT2D eigenvalue weighted by atomic mass is 16.5. The van der Waals surface area contributed by atoms with Crippen LogP contribution in [-0.4, -0.2) is 11.1 Å². The summed E-state index contributed by atoms with van der Waals surface area (Å²) in [4.78, 5) is 11.9. The fraction of sp³-hybridized carbons (Fsp3) is 0.0556. The topological polar surface area (TPSA) is 46.5 Å². The van der Waals surface area contributed by atoms with E-state index in [1.54, 1.807) is 60.7 Å². The monoisotopic (exact) mass is 280 g/mol. The number of ether oxygens (including phenoxy) is 1. The van der Waals surface area contributed by atoms with Crippen LogP contribution in [0.3, 0.4) is 0 Å². The predicted molar refractivity (Wildman–Crippen MR) is 83.7 cm³/mol. The first-order valence-corrected chi connectivity index (χ1v) is 6.48. The number of esters is 1. The lowest BCUT2D eigenvalue weighted by molar-refractivity contribution is -0.144. The summed E-state index contributed by atoms with van der Waals surface area (Å²) in [6, 6.07) is 13.8. The Morgan fingerprint density at radius 3 is 1.90 bits per heavy atom. The number of carbonyl (C=O) groups excluding carboxylic acids is 1. The van der Waals surface area contributed by atoms with Crippen molar-refractivity contribution in [3.8, 4) is 5.75 Å². The van der Waals surface area contributed by atoms with Crippen molar-refractivity contribution in [3.05, 3.63) is 78.4 Å². The molecule has 2 aromatic carbocycles. The molecule has 0 saturated carbocycles. The SMILES string of the molecule is C=Cc1ccc(OC(=O)C(O)c2ccc(C=C)cc2)cc1. The van der Waals surface area contributed by atoms with Crippen molar-refractivity contribution in [2.24, 2.45) is 0 Å². The summed E-state index contributed by atoms with van der Waals surface area (Å²) in [5.41, 5.74) is 2.32. The maximum Gasteiger partial charge on any atom is 0.345 e. The van der Waals surface area contributed by atoms with E-state index in [4.69, 9.17) is 4.74 Å². The Bertz CT molecular complexity index is 639. The average molecular weight is 280 g/mol. The van der Waals surface area contributed by atoms with E-state index < -0.39 is 12.1 Å². The molecule has 1 atom stereocenters. The van der Waals surface area contributed by atoms with Crippen molar-refractivity contribution >= 4 is 18.1 Å². The fourth-order valence-corrected chi connectivity index (χ4v) is 1.79. The van der Waals surface area contributed by atoms with Crippen molar-refractivity contribution in [2.45, 2.75) is 6.10 Å². The minimum atomic E-state index is -1.32. The molecule has 0 heterocycles. The molecule has 0 aliphatic heterocycles. The predicted octanol–water partition coefficient (Wildman–Crippen LogP) is 3.61. The molecule has 0 fully saturated rings. The highest BCUT2D eigenvalue weighted by Gasteiger charge is 2.19. The van der Waals surface area contributed by atoms with Crippen LogP contribution in [0.1, 0.15) is 22.8 Å². The Labute approximate surface area is 123 Å². The highest BCUT2D eigenvalue weighted by Crippen LogP contribution is 2.19. The van der Waals surface area contributed by atoms with Crippen LogP contribution in [0.15, 0.2) is 61.7 Å². The van der Waals surface area contributed by atoms with Gasteiger partial charge in [0.1, 0.15) is 5.75 Å². The minimum absolute atomic E-state index is 0.382. The summed E-state index contributed by atoms with van der Waals surface area (Å²) < 4.78 is 5.14. The second kappa shape index (κ2) is 6.68. The standard InChI is InChI=1S/C18H16O3/c1-3-13-5-9-15(10-6-13)17(19)18(20)21-16-11-7-14(4-2)8-12-16/h3-12,17,19H,1-2H2. The molecule has 0 aliphatic carbocycles. The van der Waals surface area contributed by atoms with E-state index in [9.17, 15) is 9.90 Å². The van der Waals surface area contributed by atoms with Gasteiger partial charge in [0.15, 0.2) is 6.10 Å². The fourth-order valence-electron chi connectivity index (χ4n) is 1.79. The van der Waals surface area contributed by atoms with Gasteiger partial charge in [0.2, 0.25) is 0 Å². The quantitative estimate of drug-likeness (QED) is 0.672. The minimum Gasteiger partial charge on any atom is -0.424 e. The molecule has 3 nitrogen and oxygen atoms in total. The molecule has 0 spiro atoms. The Hall–Kier alpha value is -2.65. The molecule has 1 unspecified atom stereocenters. The summed E-state index contributed by atoms with van der Waals surface area (Å²) >= 11 is 0. The maximum absolute atomic E-state index is 11.9. The van der Waals surface area contributed by atoms with Gasteiger partial charge in [-0.15, -0.1) is 0 Å². The number of aliphatic hydroxyl groups is 1. The normalized spacial score (nSPS) is 11.5. The van der Waals surface area contributed by atoms with Gasteiger partial charge in [0.05, 0.1) is 0 Å². The second-order valence-corrected chi connectivity index (χ2v) is 4.47. The Balaban J connectivity index is 2.07. The lowest BCUT2D eigenvalue weighted by Crippen LogP contribution is -2.18. The molecule has 0 saturated heterocycles. The van der Waals surface area contributed by atoms with Crippen LogP contribution in [0.5, 0.6) is 5.75 Å². The third-order valence-corrected chi connectivity index (χ3v) is 3.05. The van der Waals surface area contributed by atoms with Crippen molar-refractivity contribution < 1.29 is 14.6 Å². The first kappa shape index (κ1) is 14.8. The van der Waals surface area contributed by atoms with Crippen molar-refractivity contribution in [2.75, 3.05) is 0 Å². The molecule has 0 bridgehead atoms. The first-order valence-electron chi connectivity index (χ1n) is 6.48. The Morgan fingerprint density at radius 2 is 1.43 bits per heavy atom. The molecule has 0 amide bonds. The van der Waals surface area contributed by atoms with Crippen LogP contribution in [0.25, 0.3) is 12.2 Å². The van der Waals surface area contributed by atoms with Gasteiger partial charge in [-0.1, -0.05) is 61.7 Å². The van der Waals surface area contributed by atoms with Gasteiger partial charge in [-0.2, -0.15) is 0 Å². The first-order chi connectivity index (χ1) is 10.1. The maximum atomic E-state index is 11.9. The van der Waals surface area contributed by atoms with Crippen molar-refractivity contribution in [1.82, 2.24) is 0 Å². The largest absolute Gasteiger partial charge is 0.424 e. The summed E-state index contributed by atoms with van der Waals surface area (Å²) in [7, 11) is 0. The second-order valence-electron chi connectivity index (χ2n) is 4.47. The van der Waals surface area contributed by atoms with Gasteiger partial charge in [-0.05, 0) is 28.8 Å². The summed E-state index contributed by atoms with van der Waals surface area (Å²) in [5, 5.41) is 10.00. The van der Waals surface area contributed by atoms with E-state index >= 15 is 0 Å². The molecule has 0 aromatic heterocycles. The van der Waals surface area contributed by atoms with Gasteiger partial charge >= 0.3 is 5.97 Å². The van der Waals surface area contributed by atoms with Gasteiger partial charge in [0.25, 0.3) is 0 Å². The zero-order chi connectivity index (χ0) is 15.2. The molecule has 2 aromatic rings. The summed E-state index contributed by atoms with van der Waals surface area (Å²) in [5.74, 6) is -0.333. The van der Waals surface area contributed by atoms with Crippen LogP contribution in [0, 0.1) is 0 Å². The van der Waals surface area contributed by atoms with E-state index in [-0.39, 0.29) is 0 Å². The van der Waals surface area contributed by atoms with Crippen LogP contribution >= 0.6 is 0 Å². The smallest absolute Gasteiger partial charge is 0.345 e. The summed E-state index contributed by atoms with van der Waals surface area (Å²) in [6.45, 7) is 7.30. The molecule has 106 valence electrons. The number of hydrogen-bond donors (Lipinski definition) is 1. The molecule has 0 aliphatic rings. The van der Waals surface area contributed by atoms with Crippen LogP contribution in [0.2, 0.25) is 0 Å². The lowest BCUT2D eigenvalue weighted by atomic mass is 10.1. The van der Waals surface area contributed by atoms with E-state index in [2.05, 4.69) is 13.2 Å². The van der Waals surface area contributed by atoms with E-state index in [0.29, 0.717) is 11.3 Å². The lowest BCUT2D eigenvalue weighted by Gasteiger charge is -2.11. The van der Waals surface area contributed by atoms with Gasteiger partial charge < -0.3 is 9.84 Å². The third kappa shape index (κ3) is 3.68. The molecule has 0 radical (unpaired) electrons. The third-order valence-electron chi connectivity index (χ3n) is 3.05. The van der Waals surface area contributed by atoms with E-state index in [1.165, 1.54) is 0 Å².